The summed E-state index contributed by atoms with van der Waals surface area (Å²) in [5.74, 6) is 0.0752. The zero-order chi connectivity index (χ0) is 23.9. The Bertz CT molecular complexity index is 1140. The van der Waals surface area contributed by atoms with Gasteiger partial charge in [0, 0.05) is 13.0 Å². The summed E-state index contributed by atoms with van der Waals surface area (Å²) in [7, 11) is 0. The van der Waals surface area contributed by atoms with Crippen LogP contribution in [0.5, 0.6) is 11.5 Å². The van der Waals surface area contributed by atoms with Crippen molar-refractivity contribution in [1.29, 1.82) is 0 Å². The van der Waals surface area contributed by atoms with E-state index in [9.17, 15) is 18.8 Å². The number of urea groups is 1. The lowest BCUT2D eigenvalue weighted by atomic mass is 9.92. The number of carbonyl (C=O) groups excluding carboxylic acids is 3. The molecule has 9 heteroatoms. The van der Waals surface area contributed by atoms with Gasteiger partial charge >= 0.3 is 6.03 Å². The Morgan fingerprint density at radius 3 is 2.59 bits per heavy atom. The molecule has 3 aliphatic rings. The van der Waals surface area contributed by atoms with E-state index in [1.54, 1.807) is 11.8 Å². The molecule has 2 saturated heterocycles. The number of fused-ring (bicyclic) bond motifs is 1. The number of nitrogens with one attached hydrogen (secondary N) is 1. The predicted molar refractivity (Wildman–Crippen MR) is 120 cm³/mol. The van der Waals surface area contributed by atoms with Gasteiger partial charge in [0.15, 0.2) is 11.5 Å². The molecular formula is C25H26FN3O5. The third-order valence-electron chi connectivity index (χ3n) is 6.72. The van der Waals surface area contributed by atoms with Gasteiger partial charge in [-0.3, -0.25) is 14.5 Å². The third kappa shape index (κ3) is 3.85. The molecule has 2 aromatic rings. The van der Waals surface area contributed by atoms with Crippen molar-refractivity contribution in [2.24, 2.45) is 0 Å². The van der Waals surface area contributed by atoms with Crippen LogP contribution >= 0.6 is 0 Å². The van der Waals surface area contributed by atoms with Gasteiger partial charge in [-0.25, -0.2) is 9.18 Å². The second-order valence-corrected chi connectivity index (χ2v) is 8.96. The van der Waals surface area contributed by atoms with E-state index in [2.05, 4.69) is 5.32 Å². The summed E-state index contributed by atoms with van der Waals surface area (Å²) in [6.07, 6.45) is 2.40. The SMILES string of the molecule is C[C@]1(c2ccc(F)cc2)NC(=O)N(CC(=O)N2CCC[C@@H]2c2ccc3c(c2)OCCCO3)C1=O. The predicted octanol–water partition coefficient (Wildman–Crippen LogP) is 3.12. The molecule has 5 rings (SSSR count). The molecule has 178 valence electrons. The quantitative estimate of drug-likeness (QED) is 0.698. The highest BCUT2D eigenvalue weighted by Crippen LogP contribution is 2.38. The lowest BCUT2D eigenvalue weighted by molar-refractivity contribution is -0.139. The van der Waals surface area contributed by atoms with Crippen molar-refractivity contribution in [2.75, 3.05) is 26.3 Å². The van der Waals surface area contributed by atoms with E-state index in [4.69, 9.17) is 9.47 Å². The van der Waals surface area contributed by atoms with E-state index in [1.807, 2.05) is 18.2 Å². The molecule has 2 atom stereocenters. The molecular weight excluding hydrogens is 441 g/mol. The minimum atomic E-state index is -1.36. The zero-order valence-corrected chi connectivity index (χ0v) is 18.9. The summed E-state index contributed by atoms with van der Waals surface area (Å²) in [5, 5.41) is 2.66. The number of hydrogen-bond donors (Lipinski definition) is 1. The highest BCUT2D eigenvalue weighted by atomic mass is 19.1. The molecule has 34 heavy (non-hydrogen) atoms. The van der Waals surface area contributed by atoms with E-state index in [0.717, 1.165) is 29.7 Å². The van der Waals surface area contributed by atoms with Crippen LogP contribution in [0.3, 0.4) is 0 Å². The number of halogens is 1. The average molecular weight is 467 g/mol. The van der Waals surface area contributed by atoms with E-state index < -0.39 is 23.3 Å². The molecule has 3 heterocycles. The van der Waals surface area contributed by atoms with Crippen molar-refractivity contribution < 1.29 is 28.2 Å². The van der Waals surface area contributed by atoms with Crippen LogP contribution in [0.15, 0.2) is 42.5 Å². The molecule has 8 nitrogen and oxygen atoms in total. The Labute approximate surface area is 196 Å². The maximum atomic E-state index is 13.3. The van der Waals surface area contributed by atoms with Crippen LogP contribution < -0.4 is 14.8 Å². The summed E-state index contributed by atoms with van der Waals surface area (Å²) in [5.41, 5.74) is 0.0287. The molecule has 0 aromatic heterocycles. The highest BCUT2D eigenvalue weighted by molar-refractivity contribution is 6.09. The minimum Gasteiger partial charge on any atom is -0.490 e. The smallest absolute Gasteiger partial charge is 0.325 e. The first-order valence-electron chi connectivity index (χ1n) is 11.5. The minimum absolute atomic E-state index is 0.172. The Hall–Kier alpha value is -3.62. The van der Waals surface area contributed by atoms with Gasteiger partial charge in [0.2, 0.25) is 5.91 Å². The molecule has 0 radical (unpaired) electrons. The normalized spacial score (nSPS) is 24.2. The van der Waals surface area contributed by atoms with Gasteiger partial charge < -0.3 is 19.7 Å². The van der Waals surface area contributed by atoms with Gasteiger partial charge in [0.1, 0.15) is 17.9 Å². The largest absolute Gasteiger partial charge is 0.490 e. The standard InChI is InChI=1S/C25H26FN3O5/c1-25(17-6-8-18(26)9-7-17)23(31)29(24(32)27-25)15-22(30)28-11-2-4-19(28)16-5-10-20-21(14-16)34-13-3-12-33-20/h5-10,14,19H,2-4,11-13,15H2,1H3,(H,27,32)/t19-,25-/m1/s1. The number of likely N-dealkylation sites (tertiary alicyclic amines) is 1. The van der Waals surface area contributed by atoms with Crippen LogP contribution in [0.1, 0.15) is 43.4 Å². The molecule has 0 unspecified atom stereocenters. The number of carbonyl (C=O) groups is 3. The van der Waals surface area contributed by atoms with Crippen LogP contribution in [0.2, 0.25) is 0 Å². The van der Waals surface area contributed by atoms with Crippen LogP contribution in [-0.2, 0) is 15.1 Å². The number of hydrogen-bond acceptors (Lipinski definition) is 5. The molecule has 2 aromatic carbocycles. The molecule has 0 saturated carbocycles. The zero-order valence-electron chi connectivity index (χ0n) is 18.9. The van der Waals surface area contributed by atoms with Crippen LogP contribution in [0.4, 0.5) is 9.18 Å². The van der Waals surface area contributed by atoms with Crippen molar-refractivity contribution >= 4 is 17.8 Å². The Kier molecular flexibility index (Phi) is 5.63. The fourth-order valence-electron chi connectivity index (χ4n) is 4.84. The molecule has 0 bridgehead atoms. The molecule has 0 spiro atoms. The third-order valence-corrected chi connectivity index (χ3v) is 6.72. The number of ether oxygens (including phenoxy) is 2. The van der Waals surface area contributed by atoms with Crippen LogP contribution in [-0.4, -0.2) is 53.9 Å². The van der Waals surface area contributed by atoms with E-state index in [-0.39, 0.29) is 18.5 Å². The van der Waals surface area contributed by atoms with Crippen molar-refractivity contribution in [2.45, 2.75) is 37.8 Å². The number of amides is 4. The van der Waals surface area contributed by atoms with Gasteiger partial charge in [0.05, 0.1) is 19.3 Å². The number of nitrogens with zero attached hydrogens (tertiary/aromatic N) is 2. The van der Waals surface area contributed by atoms with Gasteiger partial charge in [-0.05, 0) is 55.2 Å². The molecule has 0 aliphatic carbocycles. The second kappa shape index (κ2) is 8.62. The van der Waals surface area contributed by atoms with Gasteiger partial charge in [-0.15, -0.1) is 0 Å². The van der Waals surface area contributed by atoms with Gasteiger partial charge in [-0.2, -0.15) is 0 Å². The first kappa shape index (κ1) is 22.2. The maximum Gasteiger partial charge on any atom is 0.325 e. The highest BCUT2D eigenvalue weighted by Gasteiger charge is 2.50. The van der Waals surface area contributed by atoms with E-state index in [1.165, 1.54) is 24.3 Å². The molecule has 4 amide bonds. The number of rotatable bonds is 4. The first-order valence-corrected chi connectivity index (χ1v) is 11.5. The first-order chi connectivity index (χ1) is 16.4. The summed E-state index contributed by atoms with van der Waals surface area (Å²) in [4.78, 5) is 41.7. The summed E-state index contributed by atoms with van der Waals surface area (Å²) < 4.78 is 24.8. The maximum absolute atomic E-state index is 13.3. The lowest BCUT2D eigenvalue weighted by Gasteiger charge is -2.27. The fourth-order valence-corrected chi connectivity index (χ4v) is 4.84. The van der Waals surface area contributed by atoms with Crippen LogP contribution in [0.25, 0.3) is 0 Å². The summed E-state index contributed by atoms with van der Waals surface area (Å²) in [6, 6.07) is 10.3. The Balaban J connectivity index is 1.33. The number of imide groups is 1. The monoisotopic (exact) mass is 467 g/mol. The Morgan fingerprint density at radius 2 is 1.82 bits per heavy atom. The summed E-state index contributed by atoms with van der Waals surface area (Å²) >= 11 is 0. The van der Waals surface area contributed by atoms with Crippen LogP contribution in [0, 0.1) is 5.82 Å². The molecule has 3 aliphatic heterocycles. The van der Waals surface area contributed by atoms with Crippen molar-refractivity contribution in [3.8, 4) is 11.5 Å². The number of benzene rings is 2. The Morgan fingerprint density at radius 1 is 1.09 bits per heavy atom. The average Bonchev–Trinajstić information content (AvgIpc) is 3.30. The second-order valence-electron chi connectivity index (χ2n) is 8.96. The fraction of sp³-hybridized carbons (Fsp3) is 0.400. The summed E-state index contributed by atoms with van der Waals surface area (Å²) in [6.45, 7) is 2.91. The molecule has 1 N–H and O–H groups in total. The van der Waals surface area contributed by atoms with E-state index >= 15 is 0 Å². The van der Waals surface area contributed by atoms with Gasteiger partial charge in [0.25, 0.3) is 5.91 Å². The van der Waals surface area contributed by atoms with E-state index in [0.29, 0.717) is 36.8 Å². The molecule has 2 fully saturated rings. The van der Waals surface area contributed by atoms with Crippen molar-refractivity contribution in [3.63, 3.8) is 0 Å². The lowest BCUT2D eigenvalue weighted by Crippen LogP contribution is -2.44. The van der Waals surface area contributed by atoms with Crippen molar-refractivity contribution in [1.82, 2.24) is 15.1 Å². The van der Waals surface area contributed by atoms with Crippen molar-refractivity contribution in [3.05, 3.63) is 59.4 Å². The topological polar surface area (TPSA) is 88.2 Å². The van der Waals surface area contributed by atoms with Gasteiger partial charge in [-0.1, -0.05) is 18.2 Å².